The van der Waals surface area contributed by atoms with Crippen molar-refractivity contribution < 1.29 is 9.15 Å². The lowest BCUT2D eigenvalue weighted by molar-refractivity contribution is 0.269. The highest BCUT2D eigenvalue weighted by molar-refractivity contribution is 7.71. The van der Waals surface area contributed by atoms with E-state index < -0.39 is 0 Å². The molecule has 0 saturated heterocycles. The van der Waals surface area contributed by atoms with E-state index in [1.807, 2.05) is 37.3 Å². The number of aromatic amines is 1. The Morgan fingerprint density at radius 1 is 1.38 bits per heavy atom. The smallest absolute Gasteiger partial charge is 0.216 e. The molecule has 3 aromatic rings. The minimum atomic E-state index is 0.319. The molecule has 1 aromatic carbocycles. The van der Waals surface area contributed by atoms with Crippen molar-refractivity contribution in [3.63, 3.8) is 0 Å². The molecule has 0 radical (unpaired) electrons. The summed E-state index contributed by atoms with van der Waals surface area (Å²) >= 11 is 11.1. The second kappa shape index (κ2) is 7.02. The van der Waals surface area contributed by atoms with E-state index in [1.165, 1.54) is 4.68 Å². The molecule has 24 heavy (non-hydrogen) atoms. The molecule has 0 aliphatic heterocycles. The molecule has 1 N–H and O–H groups in total. The van der Waals surface area contributed by atoms with Gasteiger partial charge in [-0.1, -0.05) is 11.6 Å². The lowest BCUT2D eigenvalue weighted by Crippen LogP contribution is -1.94. The number of nitrogens with zero attached hydrogens (tertiary/aromatic N) is 3. The Morgan fingerprint density at radius 2 is 2.21 bits per heavy atom. The Hall–Kier alpha value is -2.38. The van der Waals surface area contributed by atoms with E-state index in [0.717, 1.165) is 11.3 Å². The van der Waals surface area contributed by atoms with Crippen LogP contribution in [0, 0.1) is 18.6 Å². The molecule has 0 atom stereocenters. The second-order valence-corrected chi connectivity index (χ2v) is 5.93. The third-order valence-corrected chi connectivity index (χ3v) is 3.99. The van der Waals surface area contributed by atoms with Crippen molar-refractivity contribution in [3.8, 4) is 5.75 Å². The van der Waals surface area contributed by atoms with Crippen LogP contribution in [0.3, 0.4) is 0 Å². The molecule has 0 bridgehead atoms. The summed E-state index contributed by atoms with van der Waals surface area (Å²) in [6, 6.07) is 9.17. The monoisotopic (exact) mass is 362 g/mol. The van der Waals surface area contributed by atoms with Crippen LogP contribution in [-0.4, -0.2) is 21.1 Å². The third kappa shape index (κ3) is 3.74. The standard InChI is InChI=1S/C16H15ClN4O2S/c1-10-7-12(5-6-15(10)17)22-9-14-4-3-13(23-14)8-18-21-11(2)19-20-16(21)24/h3-8H,9H2,1-2H3,(H,20,24). The summed E-state index contributed by atoms with van der Waals surface area (Å²) in [6.45, 7) is 4.05. The van der Waals surface area contributed by atoms with Gasteiger partial charge in [-0.3, -0.25) is 5.10 Å². The van der Waals surface area contributed by atoms with E-state index in [4.69, 9.17) is 33.0 Å². The summed E-state index contributed by atoms with van der Waals surface area (Å²) in [5.74, 6) is 2.70. The van der Waals surface area contributed by atoms with Gasteiger partial charge < -0.3 is 9.15 Å². The number of hydrogen-bond donors (Lipinski definition) is 1. The first-order valence-electron chi connectivity index (χ1n) is 7.19. The zero-order valence-electron chi connectivity index (χ0n) is 13.1. The molecule has 8 heteroatoms. The van der Waals surface area contributed by atoms with Crippen LogP contribution in [0.15, 0.2) is 39.9 Å². The maximum atomic E-state index is 6.00. The van der Waals surface area contributed by atoms with Gasteiger partial charge in [0.05, 0.1) is 6.21 Å². The van der Waals surface area contributed by atoms with E-state index in [9.17, 15) is 0 Å². The fraction of sp³-hybridized carbons (Fsp3) is 0.188. The van der Waals surface area contributed by atoms with Crippen molar-refractivity contribution >= 4 is 30.0 Å². The number of H-pyrrole nitrogens is 1. The molecule has 2 heterocycles. The molecule has 2 aromatic heterocycles. The van der Waals surface area contributed by atoms with Crippen molar-refractivity contribution in [1.82, 2.24) is 14.9 Å². The molecule has 0 aliphatic carbocycles. The molecular formula is C16H15ClN4O2S. The SMILES string of the molecule is Cc1cc(OCc2ccc(C=Nn3c(C)n[nH]c3=S)o2)ccc1Cl. The normalized spacial score (nSPS) is 11.3. The van der Waals surface area contributed by atoms with Crippen molar-refractivity contribution in [2.24, 2.45) is 5.10 Å². The summed E-state index contributed by atoms with van der Waals surface area (Å²) in [5.41, 5.74) is 0.966. The number of hydrogen-bond acceptors (Lipinski definition) is 5. The van der Waals surface area contributed by atoms with Crippen LogP contribution in [0.4, 0.5) is 0 Å². The number of benzene rings is 1. The maximum Gasteiger partial charge on any atom is 0.216 e. The average Bonchev–Trinajstić information content (AvgIpc) is 3.14. The van der Waals surface area contributed by atoms with Gasteiger partial charge >= 0.3 is 0 Å². The third-order valence-electron chi connectivity index (χ3n) is 3.31. The van der Waals surface area contributed by atoms with E-state index in [2.05, 4.69) is 15.3 Å². The van der Waals surface area contributed by atoms with Gasteiger partial charge in [0.1, 0.15) is 29.7 Å². The topological polar surface area (TPSA) is 68.3 Å². The quantitative estimate of drug-likeness (QED) is 0.543. The molecule has 124 valence electrons. The minimum absolute atomic E-state index is 0.319. The molecule has 0 fully saturated rings. The number of rotatable bonds is 5. The summed E-state index contributed by atoms with van der Waals surface area (Å²) in [6.07, 6.45) is 1.58. The summed E-state index contributed by atoms with van der Waals surface area (Å²) in [4.78, 5) is 0. The van der Waals surface area contributed by atoms with Crippen LogP contribution in [0.5, 0.6) is 5.75 Å². The zero-order valence-corrected chi connectivity index (χ0v) is 14.7. The van der Waals surface area contributed by atoms with Crippen molar-refractivity contribution in [1.29, 1.82) is 0 Å². The lowest BCUT2D eigenvalue weighted by Gasteiger charge is -2.05. The van der Waals surface area contributed by atoms with Crippen LogP contribution < -0.4 is 4.74 Å². The Labute approximate surface area is 148 Å². The minimum Gasteiger partial charge on any atom is -0.486 e. The first-order valence-corrected chi connectivity index (χ1v) is 7.97. The van der Waals surface area contributed by atoms with Gasteiger partial charge in [0, 0.05) is 5.02 Å². The maximum absolute atomic E-state index is 6.00. The predicted octanol–water partition coefficient (Wildman–Crippen LogP) is 4.27. The predicted molar refractivity (Wildman–Crippen MR) is 94.4 cm³/mol. The van der Waals surface area contributed by atoms with Crippen LogP contribution in [0.25, 0.3) is 0 Å². The number of furan rings is 1. The van der Waals surface area contributed by atoms with Gasteiger partial charge in [0.25, 0.3) is 0 Å². The molecule has 3 rings (SSSR count). The zero-order chi connectivity index (χ0) is 17.1. The Kier molecular flexibility index (Phi) is 4.82. The number of nitrogens with one attached hydrogen (secondary N) is 1. The van der Waals surface area contributed by atoms with E-state index in [0.29, 0.717) is 33.7 Å². The van der Waals surface area contributed by atoms with Crippen molar-refractivity contribution in [2.75, 3.05) is 0 Å². The first-order chi connectivity index (χ1) is 11.5. The second-order valence-electron chi connectivity index (χ2n) is 5.14. The molecule has 0 saturated carbocycles. The van der Waals surface area contributed by atoms with E-state index >= 15 is 0 Å². The van der Waals surface area contributed by atoms with Gasteiger partial charge in [-0.2, -0.15) is 14.9 Å². The van der Waals surface area contributed by atoms with Gasteiger partial charge in [0.2, 0.25) is 4.77 Å². The summed E-state index contributed by atoms with van der Waals surface area (Å²) in [5, 5.41) is 11.6. The number of aryl methyl sites for hydroxylation is 2. The Balaban J connectivity index is 1.65. The number of aromatic nitrogens is 3. The summed E-state index contributed by atoms with van der Waals surface area (Å²) < 4.78 is 13.3. The summed E-state index contributed by atoms with van der Waals surface area (Å²) in [7, 11) is 0. The molecule has 0 aliphatic rings. The van der Waals surface area contributed by atoms with E-state index in [1.54, 1.807) is 13.1 Å². The van der Waals surface area contributed by atoms with E-state index in [-0.39, 0.29) is 0 Å². The largest absolute Gasteiger partial charge is 0.486 e. The molecular weight excluding hydrogens is 348 g/mol. The molecule has 0 spiro atoms. The van der Waals surface area contributed by atoms with Gasteiger partial charge in [-0.05, 0) is 62.0 Å². The molecule has 0 amide bonds. The van der Waals surface area contributed by atoms with Crippen LogP contribution in [-0.2, 0) is 6.61 Å². The van der Waals surface area contributed by atoms with Crippen molar-refractivity contribution in [2.45, 2.75) is 20.5 Å². The molecule has 6 nitrogen and oxygen atoms in total. The number of ether oxygens (including phenoxy) is 1. The number of halogens is 1. The lowest BCUT2D eigenvalue weighted by atomic mass is 10.2. The Morgan fingerprint density at radius 3 is 2.92 bits per heavy atom. The van der Waals surface area contributed by atoms with Gasteiger partial charge in [-0.15, -0.1) is 0 Å². The van der Waals surface area contributed by atoms with Crippen molar-refractivity contribution in [3.05, 3.63) is 63.0 Å². The highest BCUT2D eigenvalue weighted by Crippen LogP contribution is 2.22. The molecule has 0 unspecified atom stereocenters. The van der Waals surface area contributed by atoms with Crippen LogP contribution in [0.2, 0.25) is 5.02 Å². The Bertz CT molecular complexity index is 942. The highest BCUT2D eigenvalue weighted by atomic mass is 35.5. The fourth-order valence-electron chi connectivity index (χ4n) is 2.02. The van der Waals surface area contributed by atoms with Crippen LogP contribution >= 0.6 is 23.8 Å². The first kappa shape index (κ1) is 16.5. The average molecular weight is 363 g/mol. The van der Waals surface area contributed by atoms with Gasteiger partial charge in [0.15, 0.2) is 0 Å². The van der Waals surface area contributed by atoms with Gasteiger partial charge in [-0.25, -0.2) is 0 Å². The fourth-order valence-corrected chi connectivity index (χ4v) is 2.37. The highest BCUT2D eigenvalue weighted by Gasteiger charge is 2.04. The van der Waals surface area contributed by atoms with Crippen LogP contribution in [0.1, 0.15) is 22.9 Å².